The Balaban J connectivity index is 1.87. The highest BCUT2D eigenvalue weighted by atomic mass is 16.5. The minimum Gasteiger partial charge on any atom is -0.494 e. The number of hydrogen-bond acceptors (Lipinski definition) is 1. The monoisotopic (exact) mass is 272 g/mol. The Kier molecular flexibility index (Phi) is 6.17. The molecule has 110 valence electrons. The van der Waals surface area contributed by atoms with Crippen molar-refractivity contribution in [1.82, 2.24) is 0 Å². The van der Waals surface area contributed by atoms with Crippen molar-refractivity contribution in [1.29, 1.82) is 0 Å². The van der Waals surface area contributed by atoms with Crippen molar-refractivity contribution in [3.63, 3.8) is 0 Å². The van der Waals surface area contributed by atoms with Gasteiger partial charge in [0.25, 0.3) is 0 Å². The second-order valence-corrected chi connectivity index (χ2v) is 5.86. The van der Waals surface area contributed by atoms with Crippen LogP contribution in [0.15, 0.2) is 30.3 Å². The largest absolute Gasteiger partial charge is 0.494 e. The molecule has 1 aliphatic rings. The molecule has 0 N–H and O–H groups in total. The molecule has 0 radical (unpaired) electrons. The lowest BCUT2D eigenvalue weighted by molar-refractivity contribution is 0.306. The fourth-order valence-corrected chi connectivity index (χ4v) is 2.83. The quantitative estimate of drug-likeness (QED) is 0.566. The molecule has 20 heavy (non-hydrogen) atoms. The third-order valence-electron chi connectivity index (χ3n) is 4.34. The molecule has 2 rings (SSSR count). The molecule has 1 aromatic carbocycles. The molecule has 0 aliphatic heterocycles. The number of ether oxygens (including phenoxy) is 1. The van der Waals surface area contributed by atoms with Gasteiger partial charge in [0.2, 0.25) is 0 Å². The fraction of sp³-hybridized carbons (Fsp3) is 0.579. The average Bonchev–Trinajstić information content (AvgIpc) is 2.52. The zero-order valence-electron chi connectivity index (χ0n) is 13.0. The number of unbranched alkanes of at least 4 members (excludes halogenated alkanes) is 2. The van der Waals surface area contributed by atoms with Gasteiger partial charge in [-0.25, -0.2) is 0 Å². The van der Waals surface area contributed by atoms with Crippen molar-refractivity contribution in [3.8, 4) is 5.75 Å². The summed E-state index contributed by atoms with van der Waals surface area (Å²) in [5.41, 5.74) is 2.90. The molecule has 0 saturated carbocycles. The zero-order valence-corrected chi connectivity index (χ0v) is 13.0. The van der Waals surface area contributed by atoms with E-state index in [4.69, 9.17) is 4.74 Å². The molecule has 1 atom stereocenters. The van der Waals surface area contributed by atoms with E-state index in [1.807, 2.05) is 0 Å². The molecular formula is C19H28O. The van der Waals surface area contributed by atoms with Crippen molar-refractivity contribution in [3.05, 3.63) is 35.9 Å². The highest BCUT2D eigenvalue weighted by molar-refractivity contribution is 5.66. The maximum atomic E-state index is 5.77. The van der Waals surface area contributed by atoms with Gasteiger partial charge in [-0.3, -0.25) is 0 Å². The lowest BCUT2D eigenvalue weighted by Gasteiger charge is -2.20. The smallest absolute Gasteiger partial charge is 0.119 e. The van der Waals surface area contributed by atoms with E-state index in [-0.39, 0.29) is 0 Å². The van der Waals surface area contributed by atoms with Gasteiger partial charge in [-0.1, -0.05) is 51.3 Å². The van der Waals surface area contributed by atoms with Gasteiger partial charge in [0.1, 0.15) is 5.75 Å². The highest BCUT2D eigenvalue weighted by Gasteiger charge is 2.13. The molecule has 0 saturated heterocycles. The Hall–Kier alpha value is -1.24. The van der Waals surface area contributed by atoms with Crippen LogP contribution in [0.3, 0.4) is 0 Å². The van der Waals surface area contributed by atoms with Crippen molar-refractivity contribution in [2.75, 3.05) is 6.61 Å². The molecule has 0 fully saturated rings. The molecule has 1 aliphatic carbocycles. The third-order valence-corrected chi connectivity index (χ3v) is 4.34. The van der Waals surface area contributed by atoms with E-state index >= 15 is 0 Å². The van der Waals surface area contributed by atoms with Crippen LogP contribution in [0.5, 0.6) is 5.75 Å². The summed E-state index contributed by atoms with van der Waals surface area (Å²) < 4.78 is 5.77. The number of rotatable bonds is 7. The summed E-state index contributed by atoms with van der Waals surface area (Å²) in [5, 5.41) is 0. The minimum absolute atomic E-state index is 0.841. The van der Waals surface area contributed by atoms with Gasteiger partial charge in [0.05, 0.1) is 6.61 Å². The van der Waals surface area contributed by atoms with E-state index < -0.39 is 0 Å². The first-order chi connectivity index (χ1) is 9.83. The summed E-state index contributed by atoms with van der Waals surface area (Å²) in [5.74, 6) is 1.91. The second-order valence-electron chi connectivity index (χ2n) is 5.86. The van der Waals surface area contributed by atoms with E-state index in [1.165, 1.54) is 49.7 Å². The summed E-state index contributed by atoms with van der Waals surface area (Å²) in [4.78, 5) is 0. The summed E-state index contributed by atoms with van der Waals surface area (Å²) in [6.45, 7) is 5.36. The molecule has 0 heterocycles. The molecule has 0 aromatic heterocycles. The summed E-state index contributed by atoms with van der Waals surface area (Å²) in [7, 11) is 0. The average molecular weight is 272 g/mol. The molecule has 1 aromatic rings. The number of benzene rings is 1. The van der Waals surface area contributed by atoms with Crippen LogP contribution in [0.1, 0.15) is 64.4 Å². The Morgan fingerprint density at radius 1 is 1.10 bits per heavy atom. The molecule has 1 heteroatoms. The third kappa shape index (κ3) is 4.40. The fourth-order valence-electron chi connectivity index (χ4n) is 2.83. The Bertz CT molecular complexity index is 416. The van der Waals surface area contributed by atoms with Gasteiger partial charge in [-0.05, 0) is 54.9 Å². The molecule has 0 spiro atoms. The van der Waals surface area contributed by atoms with E-state index in [2.05, 4.69) is 44.2 Å². The predicted molar refractivity (Wildman–Crippen MR) is 87.1 cm³/mol. The first-order valence-corrected chi connectivity index (χ1v) is 8.25. The van der Waals surface area contributed by atoms with Gasteiger partial charge in [0.15, 0.2) is 0 Å². The first-order valence-electron chi connectivity index (χ1n) is 8.25. The summed E-state index contributed by atoms with van der Waals surface area (Å²) in [6, 6.07) is 8.67. The van der Waals surface area contributed by atoms with Gasteiger partial charge < -0.3 is 4.74 Å². The van der Waals surface area contributed by atoms with Crippen molar-refractivity contribution < 1.29 is 4.74 Å². The van der Waals surface area contributed by atoms with Crippen LogP contribution < -0.4 is 4.74 Å². The molecule has 0 bridgehead atoms. The van der Waals surface area contributed by atoms with Crippen molar-refractivity contribution in [2.45, 2.75) is 58.8 Å². The summed E-state index contributed by atoms with van der Waals surface area (Å²) >= 11 is 0. The van der Waals surface area contributed by atoms with Gasteiger partial charge in [-0.15, -0.1) is 0 Å². The van der Waals surface area contributed by atoms with Crippen LogP contribution in [0.2, 0.25) is 0 Å². The SMILES string of the molecule is CCCCCOc1ccc(C2=CCC(CC)CC2)cc1. The second kappa shape index (κ2) is 8.14. The maximum Gasteiger partial charge on any atom is 0.119 e. The lowest BCUT2D eigenvalue weighted by atomic mass is 9.85. The maximum absolute atomic E-state index is 5.77. The van der Waals surface area contributed by atoms with Crippen LogP contribution in [-0.2, 0) is 0 Å². The van der Waals surface area contributed by atoms with E-state index in [9.17, 15) is 0 Å². The van der Waals surface area contributed by atoms with Gasteiger partial charge in [-0.2, -0.15) is 0 Å². The standard InChI is InChI=1S/C19H28O/c1-3-5-6-15-20-19-13-11-18(12-14-19)17-9-7-16(4-2)8-10-17/h9,11-14,16H,3-8,10,15H2,1-2H3. The topological polar surface area (TPSA) is 9.23 Å². The normalized spacial score (nSPS) is 18.7. The number of allylic oxidation sites excluding steroid dienone is 2. The minimum atomic E-state index is 0.841. The van der Waals surface area contributed by atoms with Crippen LogP contribution in [0.4, 0.5) is 0 Å². The zero-order chi connectivity index (χ0) is 14.2. The Labute approximate surface area is 124 Å². The first kappa shape index (κ1) is 15.2. The van der Waals surface area contributed by atoms with Gasteiger partial charge in [0, 0.05) is 0 Å². The number of hydrogen-bond donors (Lipinski definition) is 0. The highest BCUT2D eigenvalue weighted by Crippen LogP contribution is 2.32. The van der Waals surface area contributed by atoms with Crippen molar-refractivity contribution >= 4 is 5.57 Å². The Morgan fingerprint density at radius 3 is 2.50 bits per heavy atom. The van der Waals surface area contributed by atoms with Crippen LogP contribution in [0.25, 0.3) is 5.57 Å². The van der Waals surface area contributed by atoms with E-state index in [0.717, 1.165) is 24.7 Å². The van der Waals surface area contributed by atoms with Gasteiger partial charge >= 0.3 is 0 Å². The van der Waals surface area contributed by atoms with E-state index in [0.29, 0.717) is 0 Å². The predicted octanol–water partition coefficient (Wildman–Crippen LogP) is 5.85. The lowest BCUT2D eigenvalue weighted by Crippen LogP contribution is -2.04. The van der Waals surface area contributed by atoms with Crippen LogP contribution >= 0.6 is 0 Å². The van der Waals surface area contributed by atoms with Crippen LogP contribution in [0, 0.1) is 5.92 Å². The van der Waals surface area contributed by atoms with Crippen LogP contribution in [-0.4, -0.2) is 6.61 Å². The molecule has 0 amide bonds. The molecule has 1 unspecified atom stereocenters. The molecular weight excluding hydrogens is 244 g/mol. The molecule has 1 nitrogen and oxygen atoms in total. The van der Waals surface area contributed by atoms with Crippen molar-refractivity contribution in [2.24, 2.45) is 5.92 Å². The Morgan fingerprint density at radius 2 is 1.90 bits per heavy atom. The van der Waals surface area contributed by atoms with E-state index in [1.54, 1.807) is 0 Å². The summed E-state index contributed by atoms with van der Waals surface area (Å²) in [6.07, 6.45) is 11.2.